The summed E-state index contributed by atoms with van der Waals surface area (Å²) >= 11 is 1.23. The third-order valence-corrected chi connectivity index (χ3v) is 4.48. The molecule has 0 spiro atoms. The van der Waals surface area contributed by atoms with E-state index in [1.54, 1.807) is 25.3 Å². The second-order valence-electron chi connectivity index (χ2n) is 5.05. The lowest BCUT2D eigenvalue weighted by atomic mass is 10.2. The number of carbonyl (C=O) groups is 3. The smallest absolute Gasteiger partial charge is 0.251 e. The van der Waals surface area contributed by atoms with Gasteiger partial charge in [0.15, 0.2) is 5.13 Å². The van der Waals surface area contributed by atoms with Gasteiger partial charge in [-0.25, -0.2) is 9.88 Å². The van der Waals surface area contributed by atoms with Gasteiger partial charge in [0.2, 0.25) is 11.8 Å². The van der Waals surface area contributed by atoms with Crippen molar-refractivity contribution in [2.45, 2.75) is 12.8 Å². The maximum absolute atomic E-state index is 12.0. The lowest BCUT2D eigenvalue weighted by Crippen LogP contribution is -2.28. The predicted molar refractivity (Wildman–Crippen MR) is 85.6 cm³/mol. The van der Waals surface area contributed by atoms with Gasteiger partial charge in [-0.15, -0.1) is 0 Å². The number of fused-ring (bicyclic) bond motifs is 1. The van der Waals surface area contributed by atoms with Gasteiger partial charge < -0.3 is 10.1 Å². The molecule has 2 aromatic rings. The van der Waals surface area contributed by atoms with Gasteiger partial charge in [0.1, 0.15) is 0 Å². The molecule has 1 fully saturated rings. The van der Waals surface area contributed by atoms with Crippen LogP contribution in [0.1, 0.15) is 23.2 Å². The van der Waals surface area contributed by atoms with Crippen molar-refractivity contribution in [1.29, 1.82) is 0 Å². The Balaban J connectivity index is 1.85. The molecule has 0 radical (unpaired) electrons. The zero-order valence-electron chi connectivity index (χ0n) is 12.5. The summed E-state index contributed by atoms with van der Waals surface area (Å²) in [6.45, 7) is 0.871. The van der Waals surface area contributed by atoms with E-state index in [1.807, 2.05) is 0 Å². The standard InChI is InChI=1S/C15H15N3O4S/c1-22-7-6-16-14(21)9-2-3-10-11(8-9)23-15(17-10)18-12(19)4-5-13(18)20/h2-3,8H,4-7H2,1H3,(H,16,21). The number of hydrogen-bond donors (Lipinski definition) is 1. The molecule has 1 aliphatic heterocycles. The molecule has 1 N–H and O–H groups in total. The van der Waals surface area contributed by atoms with Gasteiger partial charge in [0.25, 0.3) is 5.91 Å². The van der Waals surface area contributed by atoms with Crippen LogP contribution in [-0.4, -0.2) is 43.0 Å². The molecule has 8 heteroatoms. The summed E-state index contributed by atoms with van der Waals surface area (Å²) in [5.41, 5.74) is 1.16. The van der Waals surface area contributed by atoms with Gasteiger partial charge in [0, 0.05) is 32.1 Å². The number of anilines is 1. The van der Waals surface area contributed by atoms with Crippen LogP contribution in [0.4, 0.5) is 5.13 Å². The third kappa shape index (κ3) is 3.08. The van der Waals surface area contributed by atoms with Gasteiger partial charge in [-0.1, -0.05) is 11.3 Å². The van der Waals surface area contributed by atoms with Crippen molar-refractivity contribution in [3.8, 4) is 0 Å². The van der Waals surface area contributed by atoms with Crippen LogP contribution in [0.25, 0.3) is 10.2 Å². The number of benzene rings is 1. The Morgan fingerprint density at radius 2 is 2.09 bits per heavy atom. The molecule has 0 bridgehead atoms. The fourth-order valence-corrected chi connectivity index (χ4v) is 3.35. The monoisotopic (exact) mass is 333 g/mol. The highest BCUT2D eigenvalue weighted by Gasteiger charge is 2.32. The van der Waals surface area contributed by atoms with E-state index < -0.39 is 0 Å². The molecule has 3 amide bonds. The minimum atomic E-state index is -0.230. The van der Waals surface area contributed by atoms with Crippen molar-refractivity contribution >= 4 is 44.4 Å². The zero-order valence-corrected chi connectivity index (χ0v) is 13.3. The van der Waals surface area contributed by atoms with Crippen LogP contribution in [0, 0.1) is 0 Å². The number of hydrogen-bond acceptors (Lipinski definition) is 6. The quantitative estimate of drug-likeness (QED) is 0.659. The fourth-order valence-electron chi connectivity index (χ4n) is 2.31. The first-order valence-electron chi connectivity index (χ1n) is 7.13. The molecule has 1 aromatic heterocycles. The van der Waals surface area contributed by atoms with E-state index in [-0.39, 0.29) is 30.6 Å². The van der Waals surface area contributed by atoms with Crippen LogP contribution in [-0.2, 0) is 14.3 Å². The molecule has 0 aliphatic carbocycles. The lowest BCUT2D eigenvalue weighted by molar-refractivity contribution is -0.121. The van der Waals surface area contributed by atoms with E-state index in [0.717, 1.165) is 9.60 Å². The van der Waals surface area contributed by atoms with Gasteiger partial charge in [-0.3, -0.25) is 14.4 Å². The third-order valence-electron chi connectivity index (χ3n) is 3.47. The van der Waals surface area contributed by atoms with E-state index in [9.17, 15) is 14.4 Å². The Labute approximate surface area is 136 Å². The van der Waals surface area contributed by atoms with E-state index in [4.69, 9.17) is 4.74 Å². The molecule has 0 unspecified atom stereocenters. The van der Waals surface area contributed by atoms with Crippen LogP contribution < -0.4 is 10.2 Å². The van der Waals surface area contributed by atoms with Gasteiger partial charge in [-0.05, 0) is 18.2 Å². The molecule has 1 saturated heterocycles. The Bertz CT molecular complexity index is 770. The van der Waals surface area contributed by atoms with Gasteiger partial charge >= 0.3 is 0 Å². The lowest BCUT2D eigenvalue weighted by Gasteiger charge is -2.07. The minimum Gasteiger partial charge on any atom is -0.383 e. The molecule has 23 heavy (non-hydrogen) atoms. The number of carbonyl (C=O) groups excluding carboxylic acids is 3. The number of nitrogens with zero attached hydrogens (tertiary/aromatic N) is 2. The number of thiazole rings is 1. The summed E-state index contributed by atoms with van der Waals surface area (Å²) in [7, 11) is 1.57. The van der Waals surface area contributed by atoms with Crippen LogP contribution >= 0.6 is 11.3 Å². The topological polar surface area (TPSA) is 88.6 Å². The van der Waals surface area contributed by atoms with Crippen molar-refractivity contribution < 1.29 is 19.1 Å². The van der Waals surface area contributed by atoms with Crippen molar-refractivity contribution in [2.75, 3.05) is 25.2 Å². The van der Waals surface area contributed by atoms with Crippen LogP contribution in [0.3, 0.4) is 0 Å². The molecule has 3 rings (SSSR count). The van der Waals surface area contributed by atoms with Gasteiger partial charge in [-0.2, -0.15) is 0 Å². The van der Waals surface area contributed by atoms with Crippen molar-refractivity contribution in [3.05, 3.63) is 23.8 Å². The molecule has 1 aliphatic rings. The second-order valence-corrected chi connectivity index (χ2v) is 6.06. The average Bonchev–Trinajstić information content (AvgIpc) is 3.09. The summed E-state index contributed by atoms with van der Waals surface area (Å²) < 4.78 is 5.64. The van der Waals surface area contributed by atoms with Crippen molar-refractivity contribution in [3.63, 3.8) is 0 Å². The first-order valence-corrected chi connectivity index (χ1v) is 7.95. The van der Waals surface area contributed by atoms with E-state index >= 15 is 0 Å². The maximum atomic E-state index is 12.0. The molecular formula is C15H15N3O4S. The molecule has 2 heterocycles. The number of ether oxygens (including phenoxy) is 1. The molecule has 0 atom stereocenters. The number of imide groups is 1. The molecule has 0 saturated carbocycles. The summed E-state index contributed by atoms with van der Waals surface area (Å²) in [5.74, 6) is -0.662. The Morgan fingerprint density at radius 1 is 1.35 bits per heavy atom. The predicted octanol–water partition coefficient (Wildman–Crippen LogP) is 1.33. The second kappa shape index (κ2) is 6.43. The highest BCUT2D eigenvalue weighted by atomic mass is 32.1. The van der Waals surface area contributed by atoms with Crippen molar-refractivity contribution in [2.24, 2.45) is 0 Å². The largest absolute Gasteiger partial charge is 0.383 e. The van der Waals surface area contributed by atoms with Gasteiger partial charge in [0.05, 0.1) is 16.8 Å². The molecular weight excluding hydrogens is 318 g/mol. The number of nitrogens with one attached hydrogen (secondary N) is 1. The Hall–Kier alpha value is -2.32. The first kappa shape index (κ1) is 15.6. The van der Waals surface area contributed by atoms with Crippen molar-refractivity contribution in [1.82, 2.24) is 10.3 Å². The summed E-state index contributed by atoms with van der Waals surface area (Å²) in [6.07, 6.45) is 0.448. The summed E-state index contributed by atoms with van der Waals surface area (Å²) in [5, 5.41) is 3.11. The zero-order chi connectivity index (χ0) is 16.4. The summed E-state index contributed by atoms with van der Waals surface area (Å²) in [4.78, 5) is 41.0. The SMILES string of the molecule is COCCNC(=O)c1ccc2nc(N3C(=O)CCC3=O)sc2c1. The number of aromatic nitrogens is 1. The average molecular weight is 333 g/mol. The molecule has 120 valence electrons. The fraction of sp³-hybridized carbons (Fsp3) is 0.333. The minimum absolute atomic E-state index is 0.202. The maximum Gasteiger partial charge on any atom is 0.251 e. The highest BCUT2D eigenvalue weighted by molar-refractivity contribution is 7.22. The summed E-state index contributed by atoms with van der Waals surface area (Å²) in [6, 6.07) is 5.09. The van der Waals surface area contributed by atoms with E-state index in [2.05, 4.69) is 10.3 Å². The molecule has 7 nitrogen and oxygen atoms in total. The van der Waals surface area contributed by atoms with Crippen LogP contribution in [0.15, 0.2) is 18.2 Å². The number of methoxy groups -OCH3 is 1. The molecule has 1 aromatic carbocycles. The number of rotatable bonds is 5. The highest BCUT2D eigenvalue weighted by Crippen LogP contribution is 2.32. The van der Waals surface area contributed by atoms with Crippen LogP contribution in [0.2, 0.25) is 0 Å². The normalized spacial score (nSPS) is 14.7. The van der Waals surface area contributed by atoms with Crippen LogP contribution in [0.5, 0.6) is 0 Å². The van der Waals surface area contributed by atoms with E-state index in [0.29, 0.717) is 29.4 Å². The van der Waals surface area contributed by atoms with E-state index in [1.165, 1.54) is 11.3 Å². The Kier molecular flexibility index (Phi) is 4.35. The first-order chi connectivity index (χ1) is 11.1. The Morgan fingerprint density at radius 3 is 2.78 bits per heavy atom. The number of amides is 3.